The molecule has 0 spiro atoms. The summed E-state index contributed by atoms with van der Waals surface area (Å²) >= 11 is 0. The first-order valence-corrected chi connectivity index (χ1v) is 6.05. The van der Waals surface area contributed by atoms with E-state index in [4.69, 9.17) is 10.6 Å². The van der Waals surface area contributed by atoms with Crippen LogP contribution in [-0.2, 0) is 0 Å². The van der Waals surface area contributed by atoms with Crippen molar-refractivity contribution in [1.29, 1.82) is 0 Å². The Kier molecular flexibility index (Phi) is 4.43. The summed E-state index contributed by atoms with van der Waals surface area (Å²) in [6.45, 7) is 2.43. The molecule has 0 saturated carbocycles. The molecule has 1 aromatic heterocycles. The van der Waals surface area contributed by atoms with Crippen LogP contribution in [-0.4, -0.2) is 11.6 Å². The second-order valence-electron chi connectivity index (χ2n) is 3.97. The van der Waals surface area contributed by atoms with E-state index in [-0.39, 0.29) is 0 Å². The standard InChI is InChI=1S/C14H16FN3O/c1-2-19-13-6-4-3-5-11(13)14(18-16)10-7-8-17-9-12(10)15/h3-9,14,18H,2,16H2,1H3. The predicted molar refractivity (Wildman–Crippen MR) is 71.0 cm³/mol. The molecule has 5 heteroatoms. The fourth-order valence-corrected chi connectivity index (χ4v) is 1.97. The lowest BCUT2D eigenvalue weighted by Crippen LogP contribution is -2.30. The molecule has 0 aliphatic carbocycles. The van der Waals surface area contributed by atoms with Crippen molar-refractivity contribution in [3.8, 4) is 5.75 Å². The summed E-state index contributed by atoms with van der Waals surface area (Å²) in [6.07, 6.45) is 2.70. The van der Waals surface area contributed by atoms with Gasteiger partial charge in [-0.05, 0) is 19.1 Å². The SMILES string of the molecule is CCOc1ccccc1C(NN)c1ccncc1F. The molecule has 0 aliphatic heterocycles. The molecular formula is C14H16FN3O. The van der Waals surface area contributed by atoms with Crippen LogP contribution in [0.25, 0.3) is 0 Å². The Morgan fingerprint density at radius 1 is 1.32 bits per heavy atom. The van der Waals surface area contributed by atoms with Crippen molar-refractivity contribution >= 4 is 0 Å². The van der Waals surface area contributed by atoms with Gasteiger partial charge in [0, 0.05) is 17.3 Å². The van der Waals surface area contributed by atoms with Gasteiger partial charge in [-0.15, -0.1) is 0 Å². The van der Waals surface area contributed by atoms with Gasteiger partial charge in [-0.25, -0.2) is 9.82 Å². The summed E-state index contributed by atoms with van der Waals surface area (Å²) in [5, 5.41) is 0. The zero-order chi connectivity index (χ0) is 13.7. The minimum Gasteiger partial charge on any atom is -0.494 e. The number of aromatic nitrogens is 1. The summed E-state index contributed by atoms with van der Waals surface area (Å²) in [6, 6.07) is 8.54. The van der Waals surface area contributed by atoms with E-state index >= 15 is 0 Å². The van der Waals surface area contributed by atoms with E-state index in [1.54, 1.807) is 6.07 Å². The van der Waals surface area contributed by atoms with Gasteiger partial charge in [0.1, 0.15) is 11.6 Å². The number of nitrogens with two attached hydrogens (primary N) is 1. The molecule has 0 fully saturated rings. The molecule has 0 aliphatic rings. The van der Waals surface area contributed by atoms with Gasteiger partial charge < -0.3 is 4.74 Å². The molecule has 4 nitrogen and oxygen atoms in total. The van der Waals surface area contributed by atoms with E-state index in [0.717, 1.165) is 5.56 Å². The van der Waals surface area contributed by atoms with Crippen molar-refractivity contribution in [3.05, 3.63) is 59.7 Å². The highest BCUT2D eigenvalue weighted by Crippen LogP contribution is 2.30. The molecule has 19 heavy (non-hydrogen) atoms. The normalized spacial score (nSPS) is 12.2. The average Bonchev–Trinajstić information content (AvgIpc) is 2.44. The summed E-state index contributed by atoms with van der Waals surface area (Å²) in [5.41, 5.74) is 3.85. The number of nitrogens with zero attached hydrogens (tertiary/aromatic N) is 1. The fraction of sp³-hybridized carbons (Fsp3) is 0.214. The monoisotopic (exact) mass is 261 g/mol. The number of para-hydroxylation sites is 1. The second-order valence-corrected chi connectivity index (χ2v) is 3.97. The molecule has 2 rings (SSSR count). The zero-order valence-electron chi connectivity index (χ0n) is 10.6. The van der Waals surface area contributed by atoms with Gasteiger partial charge >= 0.3 is 0 Å². The largest absolute Gasteiger partial charge is 0.494 e. The minimum atomic E-state index is -0.481. The second kappa shape index (κ2) is 6.26. The Balaban J connectivity index is 2.45. The van der Waals surface area contributed by atoms with Gasteiger partial charge in [0.2, 0.25) is 0 Å². The van der Waals surface area contributed by atoms with Crippen molar-refractivity contribution in [1.82, 2.24) is 10.4 Å². The van der Waals surface area contributed by atoms with Crippen molar-refractivity contribution in [2.75, 3.05) is 6.61 Å². The first-order valence-electron chi connectivity index (χ1n) is 6.05. The van der Waals surface area contributed by atoms with E-state index in [1.807, 2.05) is 31.2 Å². The van der Waals surface area contributed by atoms with Crippen LogP contribution in [0.1, 0.15) is 24.1 Å². The highest BCUT2D eigenvalue weighted by molar-refractivity contribution is 5.41. The Morgan fingerprint density at radius 2 is 2.11 bits per heavy atom. The number of rotatable bonds is 5. The average molecular weight is 261 g/mol. The maximum absolute atomic E-state index is 13.8. The van der Waals surface area contributed by atoms with Crippen LogP contribution in [0, 0.1) is 5.82 Å². The molecule has 0 saturated heterocycles. The fourth-order valence-electron chi connectivity index (χ4n) is 1.97. The zero-order valence-corrected chi connectivity index (χ0v) is 10.6. The summed E-state index contributed by atoms with van der Waals surface area (Å²) in [4.78, 5) is 3.74. The number of hydrogen-bond donors (Lipinski definition) is 2. The van der Waals surface area contributed by atoms with Gasteiger partial charge in [-0.3, -0.25) is 10.8 Å². The molecule has 0 bridgehead atoms. The maximum Gasteiger partial charge on any atom is 0.146 e. The number of nitrogens with one attached hydrogen (secondary N) is 1. The summed E-state index contributed by atoms with van der Waals surface area (Å²) in [5.74, 6) is 5.86. The highest BCUT2D eigenvalue weighted by atomic mass is 19.1. The molecule has 100 valence electrons. The van der Waals surface area contributed by atoms with Crippen LogP contribution in [0.5, 0.6) is 5.75 Å². The number of halogens is 1. The third-order valence-electron chi connectivity index (χ3n) is 2.81. The van der Waals surface area contributed by atoms with Crippen LogP contribution in [0.2, 0.25) is 0 Å². The number of hydrogen-bond acceptors (Lipinski definition) is 4. The van der Waals surface area contributed by atoms with Crippen molar-refractivity contribution < 1.29 is 9.13 Å². The van der Waals surface area contributed by atoms with E-state index < -0.39 is 11.9 Å². The van der Waals surface area contributed by atoms with Gasteiger partial charge in [0.25, 0.3) is 0 Å². The van der Waals surface area contributed by atoms with Crippen LogP contribution < -0.4 is 16.0 Å². The molecule has 1 unspecified atom stereocenters. The third kappa shape index (κ3) is 2.89. The van der Waals surface area contributed by atoms with E-state index in [1.165, 1.54) is 12.4 Å². The smallest absolute Gasteiger partial charge is 0.146 e. The van der Waals surface area contributed by atoms with E-state index in [0.29, 0.717) is 17.9 Å². The van der Waals surface area contributed by atoms with Crippen LogP contribution in [0.4, 0.5) is 4.39 Å². The number of pyridine rings is 1. The first kappa shape index (κ1) is 13.5. The Morgan fingerprint density at radius 3 is 2.79 bits per heavy atom. The number of benzene rings is 1. The molecule has 2 aromatic rings. The van der Waals surface area contributed by atoms with Gasteiger partial charge in [-0.1, -0.05) is 18.2 Å². The summed E-state index contributed by atoms with van der Waals surface area (Å²) < 4.78 is 19.4. The van der Waals surface area contributed by atoms with Crippen LogP contribution >= 0.6 is 0 Å². The Bertz CT molecular complexity index is 548. The third-order valence-corrected chi connectivity index (χ3v) is 2.81. The highest BCUT2D eigenvalue weighted by Gasteiger charge is 2.19. The Labute approximate surface area is 111 Å². The lowest BCUT2D eigenvalue weighted by molar-refractivity contribution is 0.333. The topological polar surface area (TPSA) is 60.2 Å². The molecule has 1 atom stereocenters. The number of ether oxygens (including phenoxy) is 1. The summed E-state index contributed by atoms with van der Waals surface area (Å²) in [7, 11) is 0. The van der Waals surface area contributed by atoms with Crippen molar-refractivity contribution in [2.45, 2.75) is 13.0 Å². The molecule has 1 heterocycles. The minimum absolute atomic E-state index is 0.406. The van der Waals surface area contributed by atoms with E-state index in [2.05, 4.69) is 10.4 Å². The van der Waals surface area contributed by atoms with Crippen molar-refractivity contribution in [2.24, 2.45) is 5.84 Å². The van der Waals surface area contributed by atoms with Crippen LogP contribution in [0.15, 0.2) is 42.7 Å². The lowest BCUT2D eigenvalue weighted by Gasteiger charge is -2.20. The Hall–Kier alpha value is -1.98. The maximum atomic E-state index is 13.8. The molecule has 0 amide bonds. The molecule has 0 radical (unpaired) electrons. The van der Waals surface area contributed by atoms with Gasteiger partial charge in [-0.2, -0.15) is 0 Å². The van der Waals surface area contributed by atoms with Gasteiger partial charge in [0.15, 0.2) is 0 Å². The molecular weight excluding hydrogens is 245 g/mol. The number of hydrazine groups is 1. The van der Waals surface area contributed by atoms with Crippen LogP contribution in [0.3, 0.4) is 0 Å². The molecule has 3 N–H and O–H groups in total. The molecule has 1 aromatic carbocycles. The van der Waals surface area contributed by atoms with E-state index in [9.17, 15) is 4.39 Å². The first-order chi connectivity index (χ1) is 9.27. The predicted octanol–water partition coefficient (Wildman–Crippen LogP) is 2.17. The van der Waals surface area contributed by atoms with Crippen molar-refractivity contribution in [3.63, 3.8) is 0 Å². The van der Waals surface area contributed by atoms with Gasteiger partial charge in [0.05, 0.1) is 18.8 Å². The quantitative estimate of drug-likeness (QED) is 0.639. The lowest BCUT2D eigenvalue weighted by atomic mass is 9.99.